The van der Waals surface area contributed by atoms with Gasteiger partial charge in [0.15, 0.2) is 0 Å². The Bertz CT molecular complexity index is 257. The predicted molar refractivity (Wildman–Crippen MR) is 44.4 cm³/mol. The van der Waals surface area contributed by atoms with E-state index in [1.807, 2.05) is 23.0 Å². The number of furan rings is 1. The molecule has 2 rings (SSSR count). The van der Waals surface area contributed by atoms with Crippen molar-refractivity contribution in [3.05, 3.63) is 34.5 Å². The van der Waals surface area contributed by atoms with Crippen LogP contribution in [0.15, 0.2) is 27.8 Å². The molecule has 0 aromatic carbocycles. The second-order valence-electron chi connectivity index (χ2n) is 2.02. The summed E-state index contributed by atoms with van der Waals surface area (Å²) in [5.41, 5.74) is 2.31. The Morgan fingerprint density at radius 1 is 1.00 bits per heavy atom. The van der Waals surface area contributed by atoms with Gasteiger partial charge in [-0.05, 0) is 23.0 Å². The number of thioether (sulfide) groups is 1. The molecule has 0 aliphatic carbocycles. The van der Waals surface area contributed by atoms with Crippen LogP contribution in [0.1, 0.15) is 11.1 Å². The Labute approximate surface area is 63.4 Å². The summed E-state index contributed by atoms with van der Waals surface area (Å²) >= 11 is 1.67. The van der Waals surface area contributed by atoms with Crippen molar-refractivity contribution < 1.29 is 4.42 Å². The highest BCUT2D eigenvalue weighted by atomic mass is 32.2. The summed E-state index contributed by atoms with van der Waals surface area (Å²) in [5.74, 6) is 0. The Hall–Kier alpha value is -0.890. The predicted octanol–water partition coefficient (Wildman–Crippen LogP) is 2.97. The second-order valence-corrected chi connectivity index (χ2v) is 2.84. The van der Waals surface area contributed by atoms with Crippen molar-refractivity contribution in [2.75, 3.05) is 0 Å². The van der Waals surface area contributed by atoms with Crippen LogP contribution in [0.25, 0.3) is 12.2 Å². The molecule has 0 unspecified atom stereocenters. The van der Waals surface area contributed by atoms with Crippen molar-refractivity contribution in [2.24, 2.45) is 0 Å². The summed E-state index contributed by atoms with van der Waals surface area (Å²) in [6.45, 7) is 0. The van der Waals surface area contributed by atoms with E-state index in [0.717, 1.165) is 11.1 Å². The fourth-order valence-electron chi connectivity index (χ4n) is 0.858. The second kappa shape index (κ2) is 2.39. The first-order valence-electron chi connectivity index (χ1n) is 3.01. The molecule has 0 radical (unpaired) electrons. The molecule has 0 atom stereocenters. The van der Waals surface area contributed by atoms with Crippen LogP contribution in [0.5, 0.6) is 0 Å². The average Bonchev–Trinajstić information content (AvgIpc) is 2.28. The van der Waals surface area contributed by atoms with Gasteiger partial charge in [0.1, 0.15) is 0 Å². The molecular formula is C8H6OS. The number of rotatable bonds is 0. The van der Waals surface area contributed by atoms with Crippen molar-refractivity contribution in [3.63, 3.8) is 0 Å². The van der Waals surface area contributed by atoms with Gasteiger partial charge < -0.3 is 4.42 Å². The lowest BCUT2D eigenvalue weighted by Gasteiger charge is -1.81. The molecule has 0 saturated heterocycles. The third kappa shape index (κ3) is 0.907. The standard InChI is InChI=1S/C8H6OS/c1-3-10-4-2-8-6-9-5-7(1)8/h1-6H. The SMILES string of the molecule is C1=Cc2cocc2C=CS1. The molecule has 1 nitrogen and oxygen atoms in total. The van der Waals surface area contributed by atoms with E-state index in [-0.39, 0.29) is 0 Å². The third-order valence-corrected chi connectivity index (χ3v) is 1.96. The summed E-state index contributed by atoms with van der Waals surface area (Å²) in [4.78, 5) is 0. The van der Waals surface area contributed by atoms with Gasteiger partial charge in [0.2, 0.25) is 0 Å². The number of fused-ring (bicyclic) bond motifs is 1. The third-order valence-electron chi connectivity index (χ3n) is 1.38. The Kier molecular flexibility index (Phi) is 1.40. The number of hydrogen-bond acceptors (Lipinski definition) is 2. The molecule has 2 heteroatoms. The van der Waals surface area contributed by atoms with Gasteiger partial charge in [-0.3, -0.25) is 0 Å². The van der Waals surface area contributed by atoms with Crippen LogP contribution < -0.4 is 0 Å². The lowest BCUT2D eigenvalue weighted by Crippen LogP contribution is -1.66. The van der Waals surface area contributed by atoms with Crippen LogP contribution in [-0.2, 0) is 0 Å². The highest BCUT2D eigenvalue weighted by Gasteiger charge is 1.99. The van der Waals surface area contributed by atoms with Crippen LogP contribution in [-0.4, -0.2) is 0 Å². The molecular weight excluding hydrogens is 144 g/mol. The van der Waals surface area contributed by atoms with E-state index in [1.54, 1.807) is 24.3 Å². The van der Waals surface area contributed by atoms with Crippen LogP contribution >= 0.6 is 11.8 Å². The largest absolute Gasteiger partial charge is 0.471 e. The first-order chi connectivity index (χ1) is 4.97. The molecule has 1 aliphatic heterocycles. The van der Waals surface area contributed by atoms with Crippen LogP contribution in [0, 0.1) is 0 Å². The molecule has 0 N–H and O–H groups in total. The normalized spacial score (nSPS) is 14.8. The maximum Gasteiger partial charge on any atom is 0.0981 e. The minimum Gasteiger partial charge on any atom is -0.471 e. The van der Waals surface area contributed by atoms with Crippen molar-refractivity contribution in [3.8, 4) is 0 Å². The van der Waals surface area contributed by atoms with E-state index < -0.39 is 0 Å². The van der Waals surface area contributed by atoms with Gasteiger partial charge in [0, 0.05) is 11.1 Å². The van der Waals surface area contributed by atoms with Crippen LogP contribution in [0.2, 0.25) is 0 Å². The molecule has 0 amide bonds. The maximum atomic E-state index is 5.01. The summed E-state index contributed by atoms with van der Waals surface area (Å²) in [5, 5.41) is 4.08. The van der Waals surface area contributed by atoms with E-state index in [2.05, 4.69) is 0 Å². The zero-order valence-corrected chi connectivity index (χ0v) is 6.10. The maximum absolute atomic E-state index is 5.01. The fourth-order valence-corrected chi connectivity index (χ4v) is 1.40. The zero-order valence-electron chi connectivity index (χ0n) is 5.28. The minimum absolute atomic E-state index is 1.15. The Morgan fingerprint density at radius 2 is 1.60 bits per heavy atom. The quantitative estimate of drug-likeness (QED) is 0.564. The van der Waals surface area contributed by atoms with Gasteiger partial charge in [-0.25, -0.2) is 0 Å². The fraction of sp³-hybridized carbons (Fsp3) is 0. The van der Waals surface area contributed by atoms with Gasteiger partial charge in [-0.1, -0.05) is 0 Å². The molecule has 10 heavy (non-hydrogen) atoms. The lowest BCUT2D eigenvalue weighted by molar-refractivity contribution is 0.566. The zero-order chi connectivity index (χ0) is 6.81. The van der Waals surface area contributed by atoms with Gasteiger partial charge in [0.25, 0.3) is 0 Å². The summed E-state index contributed by atoms with van der Waals surface area (Å²) in [6, 6.07) is 0. The van der Waals surface area contributed by atoms with Gasteiger partial charge in [-0.15, -0.1) is 11.8 Å². The highest BCUT2D eigenvalue weighted by molar-refractivity contribution is 8.05. The smallest absolute Gasteiger partial charge is 0.0981 e. The van der Waals surface area contributed by atoms with Crippen LogP contribution in [0.4, 0.5) is 0 Å². The van der Waals surface area contributed by atoms with E-state index in [4.69, 9.17) is 4.42 Å². The topological polar surface area (TPSA) is 13.1 Å². The highest BCUT2D eigenvalue weighted by Crippen LogP contribution is 2.21. The summed E-state index contributed by atoms with van der Waals surface area (Å²) < 4.78 is 5.01. The molecule has 0 spiro atoms. The molecule has 1 aromatic rings. The molecule has 1 aliphatic rings. The van der Waals surface area contributed by atoms with Crippen molar-refractivity contribution in [1.29, 1.82) is 0 Å². The van der Waals surface area contributed by atoms with E-state index in [0.29, 0.717) is 0 Å². The minimum atomic E-state index is 1.15. The van der Waals surface area contributed by atoms with Crippen molar-refractivity contribution in [1.82, 2.24) is 0 Å². The molecule has 50 valence electrons. The molecule has 0 bridgehead atoms. The van der Waals surface area contributed by atoms with Gasteiger partial charge in [-0.2, -0.15) is 0 Å². The van der Waals surface area contributed by atoms with Crippen LogP contribution in [0.3, 0.4) is 0 Å². The molecule has 2 heterocycles. The average molecular weight is 150 g/mol. The first-order valence-corrected chi connectivity index (χ1v) is 3.96. The first kappa shape index (κ1) is 5.86. The van der Waals surface area contributed by atoms with Gasteiger partial charge >= 0.3 is 0 Å². The summed E-state index contributed by atoms with van der Waals surface area (Å²) in [6.07, 6.45) is 7.59. The van der Waals surface area contributed by atoms with E-state index >= 15 is 0 Å². The summed E-state index contributed by atoms with van der Waals surface area (Å²) in [7, 11) is 0. The monoisotopic (exact) mass is 150 g/mol. The van der Waals surface area contributed by atoms with E-state index in [9.17, 15) is 0 Å². The lowest BCUT2D eigenvalue weighted by atomic mass is 10.2. The van der Waals surface area contributed by atoms with E-state index in [1.165, 1.54) is 0 Å². The van der Waals surface area contributed by atoms with Crippen molar-refractivity contribution >= 4 is 23.9 Å². The molecule has 1 aromatic heterocycles. The Balaban J connectivity index is 2.56. The molecule has 0 saturated carbocycles. The number of hydrogen-bond donors (Lipinski definition) is 0. The molecule has 0 fully saturated rings. The van der Waals surface area contributed by atoms with Gasteiger partial charge in [0.05, 0.1) is 12.5 Å². The Morgan fingerprint density at radius 3 is 2.20 bits per heavy atom. The van der Waals surface area contributed by atoms with Crippen molar-refractivity contribution in [2.45, 2.75) is 0 Å².